The van der Waals surface area contributed by atoms with Gasteiger partial charge in [-0.05, 0) is 39.2 Å². The van der Waals surface area contributed by atoms with Gasteiger partial charge in [-0.3, -0.25) is 9.59 Å². The summed E-state index contributed by atoms with van der Waals surface area (Å²) < 4.78 is 15.7. The summed E-state index contributed by atoms with van der Waals surface area (Å²) in [5.41, 5.74) is 1.86. The normalized spacial score (nSPS) is 15.7. The van der Waals surface area contributed by atoms with E-state index in [1.807, 2.05) is 30.3 Å². The van der Waals surface area contributed by atoms with E-state index in [4.69, 9.17) is 0 Å². The Kier molecular flexibility index (Phi) is 5.56. The van der Waals surface area contributed by atoms with Gasteiger partial charge in [0.25, 0.3) is 5.56 Å². The molecule has 0 aliphatic carbocycles. The molecule has 1 amide bonds. The minimum atomic E-state index is -0.477. The van der Waals surface area contributed by atoms with Crippen LogP contribution in [0.2, 0.25) is 0 Å². The van der Waals surface area contributed by atoms with Crippen LogP contribution in [0.1, 0.15) is 29.0 Å². The van der Waals surface area contributed by atoms with Crippen LogP contribution in [0.25, 0.3) is 0 Å². The van der Waals surface area contributed by atoms with Crippen LogP contribution in [0.4, 0.5) is 10.2 Å². The number of hydrogen-bond acceptors (Lipinski definition) is 4. The highest BCUT2D eigenvalue weighted by Crippen LogP contribution is 2.37. The van der Waals surface area contributed by atoms with Gasteiger partial charge in [0, 0.05) is 25.1 Å². The van der Waals surface area contributed by atoms with Gasteiger partial charge in [-0.15, -0.1) is 0 Å². The third-order valence-electron chi connectivity index (χ3n) is 4.86. The number of carbonyl (C=O) groups is 1. The predicted molar refractivity (Wildman–Crippen MR) is 115 cm³/mol. The molecule has 1 aromatic heterocycles. The molecule has 1 N–H and O–H groups in total. The van der Waals surface area contributed by atoms with Gasteiger partial charge in [0.1, 0.15) is 11.6 Å². The van der Waals surface area contributed by atoms with Crippen LogP contribution in [-0.4, -0.2) is 15.5 Å². The highest BCUT2D eigenvalue weighted by atomic mass is 79.9. The van der Waals surface area contributed by atoms with Gasteiger partial charge in [0.2, 0.25) is 5.91 Å². The molecule has 1 aliphatic rings. The summed E-state index contributed by atoms with van der Waals surface area (Å²) in [4.78, 5) is 29.6. The van der Waals surface area contributed by atoms with Gasteiger partial charge < -0.3 is 9.88 Å². The first-order chi connectivity index (χ1) is 13.9. The Labute approximate surface area is 179 Å². The average Bonchev–Trinajstić information content (AvgIpc) is 2.71. The number of amides is 1. The standard InChI is InChI=1S/C21H17BrFN3O2S/c1-26-19-18(20(28)25-21(26)29-11-12-5-3-2-4-6-12)14(10-17(27)24-19)13-7-8-16(23)15(22)9-13/h2-9,14H,10-11H2,1H3,(H,24,27)/t14-/m0/s1. The fourth-order valence-corrected chi connectivity index (χ4v) is 4.72. The van der Waals surface area contributed by atoms with E-state index in [-0.39, 0.29) is 17.9 Å². The zero-order valence-electron chi connectivity index (χ0n) is 15.5. The van der Waals surface area contributed by atoms with E-state index in [0.29, 0.717) is 32.3 Å². The summed E-state index contributed by atoms with van der Waals surface area (Å²) in [5, 5.41) is 3.34. The van der Waals surface area contributed by atoms with E-state index in [1.165, 1.54) is 17.8 Å². The van der Waals surface area contributed by atoms with Crippen molar-refractivity contribution in [2.24, 2.45) is 7.05 Å². The van der Waals surface area contributed by atoms with E-state index >= 15 is 0 Å². The molecule has 3 aromatic rings. The first kappa shape index (κ1) is 19.8. The minimum Gasteiger partial charge on any atom is -0.312 e. The van der Waals surface area contributed by atoms with Crippen LogP contribution in [0.3, 0.4) is 0 Å². The molecular weight excluding hydrogens is 457 g/mol. The van der Waals surface area contributed by atoms with E-state index in [9.17, 15) is 14.0 Å². The molecule has 148 valence electrons. The lowest BCUT2D eigenvalue weighted by Gasteiger charge is -2.27. The first-order valence-electron chi connectivity index (χ1n) is 8.96. The number of rotatable bonds is 4. The Hall–Kier alpha value is -2.45. The van der Waals surface area contributed by atoms with Crippen molar-refractivity contribution in [1.29, 1.82) is 0 Å². The number of benzene rings is 2. The third kappa shape index (κ3) is 4.00. The van der Waals surface area contributed by atoms with Gasteiger partial charge in [0.05, 0.1) is 10.0 Å². The van der Waals surface area contributed by atoms with Gasteiger partial charge in [0.15, 0.2) is 5.16 Å². The molecule has 0 unspecified atom stereocenters. The number of halogens is 2. The lowest BCUT2D eigenvalue weighted by Crippen LogP contribution is -2.33. The third-order valence-corrected chi connectivity index (χ3v) is 6.57. The average molecular weight is 474 g/mol. The van der Waals surface area contributed by atoms with Crippen molar-refractivity contribution in [3.05, 3.63) is 85.9 Å². The summed E-state index contributed by atoms with van der Waals surface area (Å²) in [5.74, 6) is 0.0377. The molecule has 29 heavy (non-hydrogen) atoms. The summed E-state index contributed by atoms with van der Waals surface area (Å²) in [7, 11) is 1.78. The van der Waals surface area contributed by atoms with Crippen molar-refractivity contribution in [2.45, 2.75) is 23.2 Å². The van der Waals surface area contributed by atoms with Gasteiger partial charge in [-0.1, -0.05) is 48.2 Å². The summed E-state index contributed by atoms with van der Waals surface area (Å²) in [6, 6.07) is 14.4. The van der Waals surface area contributed by atoms with Gasteiger partial charge >= 0.3 is 0 Å². The second-order valence-electron chi connectivity index (χ2n) is 6.77. The highest BCUT2D eigenvalue weighted by Gasteiger charge is 2.32. The largest absolute Gasteiger partial charge is 0.312 e. The Morgan fingerprint density at radius 1 is 1.24 bits per heavy atom. The maximum atomic E-state index is 13.7. The highest BCUT2D eigenvalue weighted by molar-refractivity contribution is 9.10. The van der Waals surface area contributed by atoms with Crippen LogP contribution in [0, 0.1) is 5.82 Å². The monoisotopic (exact) mass is 473 g/mol. The van der Waals surface area contributed by atoms with Crippen LogP contribution in [0.15, 0.2) is 63.0 Å². The van der Waals surface area contributed by atoms with Crippen LogP contribution in [-0.2, 0) is 17.6 Å². The van der Waals surface area contributed by atoms with Crippen molar-refractivity contribution in [1.82, 2.24) is 9.55 Å². The molecule has 0 spiro atoms. The molecule has 0 saturated heterocycles. The molecule has 0 fully saturated rings. The Bertz CT molecular complexity index is 1150. The maximum Gasteiger partial charge on any atom is 0.279 e. The number of aromatic nitrogens is 2. The zero-order chi connectivity index (χ0) is 20.5. The molecule has 0 radical (unpaired) electrons. The number of carbonyl (C=O) groups excluding carboxylic acids is 1. The van der Waals surface area contributed by atoms with E-state index < -0.39 is 11.7 Å². The number of anilines is 1. The summed E-state index contributed by atoms with van der Waals surface area (Å²) in [6.45, 7) is 0. The SMILES string of the molecule is Cn1c(SCc2ccccc2)nc(=O)c2c1NC(=O)C[C@H]2c1ccc(F)c(Br)c1. The number of nitrogens with one attached hydrogen (secondary N) is 1. The molecule has 1 aliphatic heterocycles. The molecule has 8 heteroatoms. The maximum absolute atomic E-state index is 13.7. The fourth-order valence-electron chi connectivity index (χ4n) is 3.40. The van der Waals surface area contributed by atoms with Crippen LogP contribution >= 0.6 is 27.7 Å². The lowest BCUT2D eigenvalue weighted by molar-refractivity contribution is -0.116. The van der Waals surface area contributed by atoms with Crippen molar-refractivity contribution in [3.63, 3.8) is 0 Å². The van der Waals surface area contributed by atoms with Gasteiger partial charge in [-0.2, -0.15) is 4.98 Å². The van der Waals surface area contributed by atoms with Crippen LogP contribution < -0.4 is 10.9 Å². The molecule has 2 heterocycles. The Morgan fingerprint density at radius 2 is 2.00 bits per heavy atom. The minimum absolute atomic E-state index is 0.110. The van der Waals surface area contributed by atoms with Crippen molar-refractivity contribution in [3.8, 4) is 0 Å². The lowest BCUT2D eigenvalue weighted by atomic mass is 9.87. The summed E-state index contributed by atoms with van der Waals surface area (Å²) >= 11 is 4.61. The number of hydrogen-bond donors (Lipinski definition) is 1. The van der Waals surface area contributed by atoms with E-state index in [1.54, 1.807) is 23.7 Å². The second kappa shape index (κ2) is 8.12. The molecule has 2 aromatic carbocycles. The van der Waals surface area contributed by atoms with Gasteiger partial charge in [-0.25, -0.2) is 4.39 Å². The summed E-state index contributed by atoms with van der Waals surface area (Å²) in [6.07, 6.45) is 0.110. The van der Waals surface area contributed by atoms with E-state index in [2.05, 4.69) is 26.2 Å². The predicted octanol–water partition coefficient (Wildman–Crippen LogP) is 4.45. The number of fused-ring (bicyclic) bond motifs is 1. The van der Waals surface area contributed by atoms with Crippen molar-refractivity contribution < 1.29 is 9.18 Å². The molecule has 0 saturated carbocycles. The molecule has 5 nitrogen and oxygen atoms in total. The smallest absolute Gasteiger partial charge is 0.279 e. The topological polar surface area (TPSA) is 64.0 Å². The molecule has 0 bridgehead atoms. The number of nitrogens with zero attached hydrogens (tertiary/aromatic N) is 2. The first-order valence-corrected chi connectivity index (χ1v) is 10.7. The van der Waals surface area contributed by atoms with Crippen LogP contribution in [0.5, 0.6) is 0 Å². The Balaban J connectivity index is 1.74. The molecular formula is C21H17BrFN3O2S. The Morgan fingerprint density at radius 3 is 2.72 bits per heavy atom. The molecule has 1 atom stereocenters. The quantitative estimate of drug-likeness (QED) is 0.449. The fraction of sp³-hybridized carbons (Fsp3) is 0.190. The van der Waals surface area contributed by atoms with Crippen molar-refractivity contribution in [2.75, 3.05) is 5.32 Å². The molecule has 4 rings (SSSR count). The number of thioether (sulfide) groups is 1. The van der Waals surface area contributed by atoms with Crippen molar-refractivity contribution >= 4 is 39.4 Å². The second-order valence-corrected chi connectivity index (χ2v) is 8.57. The van der Waals surface area contributed by atoms with E-state index in [0.717, 1.165) is 5.56 Å². The zero-order valence-corrected chi connectivity index (χ0v) is 17.9.